The maximum absolute atomic E-state index is 13.6. The molecule has 11 nitrogen and oxygen atoms in total. The first-order valence-corrected chi connectivity index (χ1v) is 12.2. The first-order valence-electron chi connectivity index (χ1n) is 12.2. The summed E-state index contributed by atoms with van der Waals surface area (Å²) in [6.07, 6.45) is 1.99. The third-order valence-corrected chi connectivity index (χ3v) is 6.47. The Morgan fingerprint density at radius 3 is 2.73 bits per heavy atom. The third kappa shape index (κ3) is 6.50. The number of aliphatic hydroxyl groups is 1. The van der Waals surface area contributed by atoms with Crippen LogP contribution in [0.5, 0.6) is 5.75 Å². The molecular formula is C25H31FN6O5. The van der Waals surface area contributed by atoms with Gasteiger partial charge in [-0.1, -0.05) is 11.2 Å². The zero-order valence-electron chi connectivity index (χ0n) is 20.9. The number of carbonyl (C=O) groups is 2. The van der Waals surface area contributed by atoms with Crippen LogP contribution < -0.4 is 15.4 Å². The van der Waals surface area contributed by atoms with Gasteiger partial charge in [0.1, 0.15) is 23.3 Å². The molecule has 1 aromatic heterocycles. The van der Waals surface area contributed by atoms with E-state index in [2.05, 4.69) is 25.8 Å². The van der Waals surface area contributed by atoms with E-state index in [1.165, 1.54) is 19.2 Å². The summed E-state index contributed by atoms with van der Waals surface area (Å²) in [5.41, 5.74) is 2.07. The first-order chi connectivity index (χ1) is 17.9. The molecule has 3 N–H and O–H groups in total. The molecule has 0 saturated carbocycles. The molecule has 1 unspecified atom stereocenters. The number of nitrogens with one attached hydrogen (secondary N) is 2. The quantitative estimate of drug-likeness (QED) is 0.488. The van der Waals surface area contributed by atoms with Gasteiger partial charge < -0.3 is 30.2 Å². The highest BCUT2D eigenvalue weighted by Gasteiger charge is 2.34. The van der Waals surface area contributed by atoms with Gasteiger partial charge in [0.15, 0.2) is 11.6 Å². The van der Waals surface area contributed by atoms with Crippen molar-refractivity contribution in [1.82, 2.24) is 25.5 Å². The van der Waals surface area contributed by atoms with Crippen molar-refractivity contribution >= 4 is 17.6 Å². The summed E-state index contributed by atoms with van der Waals surface area (Å²) in [5, 5.41) is 18.6. The Hall–Kier alpha value is -3.80. The molecule has 3 amide bonds. The van der Waals surface area contributed by atoms with Crippen molar-refractivity contribution in [3.8, 4) is 5.75 Å². The number of carbonyl (C=O) groups excluding carboxylic acids is 2. The van der Waals surface area contributed by atoms with E-state index in [9.17, 15) is 14.0 Å². The van der Waals surface area contributed by atoms with Gasteiger partial charge in [-0.25, -0.2) is 19.2 Å². The van der Waals surface area contributed by atoms with Crippen LogP contribution in [0.3, 0.4) is 0 Å². The van der Waals surface area contributed by atoms with Gasteiger partial charge >= 0.3 is 6.03 Å². The highest BCUT2D eigenvalue weighted by Crippen LogP contribution is 2.29. The van der Waals surface area contributed by atoms with E-state index in [0.29, 0.717) is 42.3 Å². The Labute approximate surface area is 214 Å². The van der Waals surface area contributed by atoms with Crippen molar-refractivity contribution in [2.75, 3.05) is 33.4 Å². The number of aromatic nitrogens is 2. The van der Waals surface area contributed by atoms with Gasteiger partial charge in [0.05, 0.1) is 19.4 Å². The number of piperidine rings is 1. The number of aliphatic hydroxyl groups excluding tert-OH is 1. The Morgan fingerprint density at radius 2 is 2.00 bits per heavy atom. The molecule has 0 radical (unpaired) electrons. The molecule has 12 heteroatoms. The number of amides is 3. The Morgan fingerprint density at radius 1 is 1.22 bits per heavy atom. The number of urea groups is 1. The molecule has 1 aromatic carbocycles. The monoisotopic (exact) mass is 514 g/mol. The van der Waals surface area contributed by atoms with Crippen LogP contribution in [0, 0.1) is 18.7 Å². The van der Waals surface area contributed by atoms with E-state index in [0.717, 1.165) is 12.8 Å². The summed E-state index contributed by atoms with van der Waals surface area (Å²) < 4.78 is 18.6. The lowest BCUT2D eigenvalue weighted by Crippen LogP contribution is -2.46. The summed E-state index contributed by atoms with van der Waals surface area (Å²) >= 11 is 0. The maximum Gasteiger partial charge on any atom is 0.317 e. The smallest absolute Gasteiger partial charge is 0.317 e. The normalized spacial score (nSPS) is 17.7. The number of ether oxygens (including phenoxy) is 1. The summed E-state index contributed by atoms with van der Waals surface area (Å²) in [4.78, 5) is 41.1. The van der Waals surface area contributed by atoms with E-state index in [-0.39, 0.29) is 49.2 Å². The fourth-order valence-electron chi connectivity index (χ4n) is 4.47. The van der Waals surface area contributed by atoms with Crippen molar-refractivity contribution in [3.63, 3.8) is 0 Å². The van der Waals surface area contributed by atoms with Crippen LogP contribution in [0.2, 0.25) is 0 Å². The van der Waals surface area contributed by atoms with Gasteiger partial charge in [0.2, 0.25) is 0 Å². The molecule has 0 aliphatic carbocycles. The van der Waals surface area contributed by atoms with Crippen LogP contribution in [-0.4, -0.2) is 77.1 Å². The number of aryl methyl sites for hydroxylation is 1. The summed E-state index contributed by atoms with van der Waals surface area (Å²) in [5.74, 6) is -0.0871. The predicted molar refractivity (Wildman–Crippen MR) is 132 cm³/mol. The highest BCUT2D eigenvalue weighted by molar-refractivity contribution is 6.01. The van der Waals surface area contributed by atoms with E-state index < -0.39 is 11.7 Å². The number of likely N-dealkylation sites (tertiary alicyclic amines) is 1. The number of hydrogen-bond donors (Lipinski definition) is 3. The van der Waals surface area contributed by atoms with Gasteiger partial charge in [-0.15, -0.1) is 0 Å². The number of oxime groups is 1. The van der Waals surface area contributed by atoms with Crippen LogP contribution in [0.15, 0.2) is 29.4 Å². The average molecular weight is 515 g/mol. The molecular weight excluding hydrogens is 483 g/mol. The van der Waals surface area contributed by atoms with Crippen molar-refractivity contribution in [2.24, 2.45) is 11.1 Å². The van der Waals surface area contributed by atoms with Gasteiger partial charge in [-0.3, -0.25) is 4.79 Å². The molecule has 0 spiro atoms. The molecule has 2 aliphatic rings. The number of benzene rings is 1. The molecule has 0 bridgehead atoms. The van der Waals surface area contributed by atoms with Crippen LogP contribution in [0.25, 0.3) is 0 Å². The van der Waals surface area contributed by atoms with E-state index in [1.54, 1.807) is 24.0 Å². The molecule has 2 aliphatic heterocycles. The summed E-state index contributed by atoms with van der Waals surface area (Å²) in [6, 6.07) is 5.82. The molecule has 1 fully saturated rings. The van der Waals surface area contributed by atoms with Gasteiger partial charge in [0.25, 0.3) is 5.91 Å². The number of methoxy groups -OCH3 is 1. The van der Waals surface area contributed by atoms with Gasteiger partial charge in [0, 0.05) is 38.5 Å². The lowest BCUT2D eigenvalue weighted by molar-refractivity contribution is 0.0184. The van der Waals surface area contributed by atoms with E-state index in [4.69, 9.17) is 14.7 Å². The van der Waals surface area contributed by atoms with Crippen LogP contribution in [0.1, 0.15) is 46.8 Å². The summed E-state index contributed by atoms with van der Waals surface area (Å²) in [7, 11) is 1.38. The van der Waals surface area contributed by atoms with Crippen molar-refractivity contribution in [3.05, 3.63) is 52.9 Å². The lowest BCUT2D eigenvalue weighted by Gasteiger charge is -2.33. The van der Waals surface area contributed by atoms with Crippen LogP contribution in [0.4, 0.5) is 9.18 Å². The third-order valence-electron chi connectivity index (χ3n) is 6.47. The van der Waals surface area contributed by atoms with Crippen molar-refractivity contribution < 1.29 is 28.7 Å². The minimum Gasteiger partial charge on any atom is -0.494 e. The molecule has 3 heterocycles. The van der Waals surface area contributed by atoms with Crippen molar-refractivity contribution in [1.29, 1.82) is 0 Å². The molecule has 4 rings (SSSR count). The zero-order valence-corrected chi connectivity index (χ0v) is 20.9. The number of hydrogen-bond acceptors (Lipinski definition) is 8. The molecule has 1 atom stereocenters. The minimum atomic E-state index is -0.472. The standard InChI is InChI=1S/C25H31FN6O5/c1-15-29-19(12-21(30-15)24(34)28-14-16-3-4-18(26)23(11-16)36-2)20-13-22(37-31-20)17-5-8-32(9-6-17)25(35)27-7-10-33/h3-4,11-12,17,22,33H,5-10,13-14H2,1-2H3,(H,27,35)(H,28,34). The topological polar surface area (TPSA) is 138 Å². The van der Waals surface area contributed by atoms with E-state index >= 15 is 0 Å². The van der Waals surface area contributed by atoms with Crippen LogP contribution >= 0.6 is 0 Å². The highest BCUT2D eigenvalue weighted by atomic mass is 19.1. The molecule has 1 saturated heterocycles. The van der Waals surface area contributed by atoms with Gasteiger partial charge in [-0.05, 0) is 43.5 Å². The van der Waals surface area contributed by atoms with Crippen LogP contribution in [-0.2, 0) is 11.4 Å². The second-order valence-corrected chi connectivity index (χ2v) is 9.00. The fraction of sp³-hybridized carbons (Fsp3) is 0.480. The molecule has 37 heavy (non-hydrogen) atoms. The minimum absolute atomic E-state index is 0.0897. The Kier molecular flexibility index (Phi) is 8.49. The zero-order chi connectivity index (χ0) is 26.4. The Bertz CT molecular complexity index is 1170. The number of nitrogens with zero attached hydrogens (tertiary/aromatic N) is 4. The SMILES string of the molecule is COc1cc(CNC(=O)c2cc(C3=NOC(C4CCN(C(=O)NCCO)CC4)C3)nc(C)n2)ccc1F. The van der Waals surface area contributed by atoms with E-state index in [1.807, 2.05) is 0 Å². The summed E-state index contributed by atoms with van der Waals surface area (Å²) in [6.45, 7) is 3.24. The predicted octanol–water partition coefficient (Wildman–Crippen LogP) is 1.77. The second-order valence-electron chi connectivity index (χ2n) is 9.00. The lowest BCUT2D eigenvalue weighted by atomic mass is 9.88. The molecule has 198 valence electrons. The first kappa shape index (κ1) is 26.3. The maximum atomic E-state index is 13.6. The van der Waals surface area contributed by atoms with Gasteiger partial charge in [-0.2, -0.15) is 0 Å². The average Bonchev–Trinajstić information content (AvgIpc) is 3.41. The number of rotatable bonds is 8. The largest absolute Gasteiger partial charge is 0.494 e. The van der Waals surface area contributed by atoms with Crippen molar-refractivity contribution in [2.45, 2.75) is 38.8 Å². The second kappa shape index (κ2) is 12.0. The Balaban J connectivity index is 1.33. The number of halogens is 1. The molecule has 2 aromatic rings. The fourth-order valence-corrected chi connectivity index (χ4v) is 4.47.